The third-order valence-electron chi connectivity index (χ3n) is 7.88. The van der Waals surface area contributed by atoms with Crippen LogP contribution in [0.4, 0.5) is 8.78 Å². The Kier molecular flexibility index (Phi) is 9.58. The van der Waals surface area contributed by atoms with Crippen LogP contribution in [-0.2, 0) is 25.0 Å². The quantitative estimate of drug-likeness (QED) is 0.237. The number of carbonyl (C=O) groups excluding carboxylic acids is 2. The van der Waals surface area contributed by atoms with Crippen molar-refractivity contribution < 1.29 is 32.6 Å². The summed E-state index contributed by atoms with van der Waals surface area (Å²) in [7, 11) is 1.50. The summed E-state index contributed by atoms with van der Waals surface area (Å²) in [6.45, 7) is 7.14. The smallest absolute Gasteiger partial charge is 0.306 e. The summed E-state index contributed by atoms with van der Waals surface area (Å²) in [6.07, 6.45) is -0.506. The molecule has 242 valence electrons. The van der Waals surface area contributed by atoms with Gasteiger partial charge in [-0.1, -0.05) is 39.7 Å². The van der Waals surface area contributed by atoms with Crippen molar-refractivity contribution in [2.45, 2.75) is 77.1 Å². The number of aromatic nitrogens is 3. The Balaban J connectivity index is 1.47. The minimum absolute atomic E-state index is 0.0878. The first-order valence-electron chi connectivity index (χ1n) is 14.8. The number of nitrogens with zero attached hydrogens (tertiary/aromatic N) is 4. The number of likely N-dealkylation sites (tertiary alicyclic amines) is 1. The van der Waals surface area contributed by atoms with Crippen LogP contribution in [0.1, 0.15) is 88.4 Å². The zero-order valence-electron chi connectivity index (χ0n) is 25.8. The molecule has 1 saturated heterocycles. The molecule has 0 bridgehead atoms. The number of methoxy groups -OCH3 is 1. The summed E-state index contributed by atoms with van der Waals surface area (Å²) in [5.41, 5.74) is 0.900. The molecule has 0 aliphatic carbocycles. The van der Waals surface area contributed by atoms with Gasteiger partial charge in [0, 0.05) is 42.0 Å². The lowest BCUT2D eigenvalue weighted by Crippen LogP contribution is -2.40. The maximum absolute atomic E-state index is 14.9. The standard InChI is InChI=1S/C32H36BrClF2N4O5/c1-31(2,3)45-26(42)15-18-11-13-39(14-12-18)25(41)17-24-29-37-38-30(32(4,35)36)40(29)22-10-9-19(33)16-21(22)28(44-24)20-7-6-8-23(43-5)27(20)34/h6-10,16,18,24,28H,11-15,17H2,1-5H3/t24-,28-/m1/s1. The average molecular weight is 710 g/mol. The molecule has 0 unspecified atom stereocenters. The van der Waals surface area contributed by atoms with Crippen LogP contribution in [0.15, 0.2) is 40.9 Å². The molecule has 2 aliphatic heterocycles. The van der Waals surface area contributed by atoms with Crippen molar-refractivity contribution in [2.75, 3.05) is 20.2 Å². The molecule has 3 heterocycles. The fourth-order valence-corrected chi connectivity index (χ4v) is 6.51. The molecular formula is C32H36BrClF2N4O5. The number of hydrogen-bond donors (Lipinski definition) is 0. The number of piperidine rings is 1. The number of rotatable bonds is 7. The second-order valence-electron chi connectivity index (χ2n) is 12.5. The summed E-state index contributed by atoms with van der Waals surface area (Å²) in [4.78, 5) is 27.8. The first kappa shape index (κ1) is 33.3. The van der Waals surface area contributed by atoms with E-state index in [0.717, 1.165) is 6.92 Å². The van der Waals surface area contributed by atoms with Gasteiger partial charge in [0.25, 0.3) is 0 Å². The van der Waals surface area contributed by atoms with Crippen LogP contribution in [0.5, 0.6) is 5.75 Å². The zero-order chi connectivity index (χ0) is 32.7. The third kappa shape index (κ3) is 7.33. The van der Waals surface area contributed by atoms with Crippen molar-refractivity contribution in [3.05, 3.63) is 68.7 Å². The molecule has 3 aromatic rings. The molecule has 0 radical (unpaired) electrons. The van der Waals surface area contributed by atoms with E-state index in [4.69, 9.17) is 25.8 Å². The molecule has 5 rings (SSSR count). The lowest BCUT2D eigenvalue weighted by molar-refractivity contribution is -0.156. The lowest BCUT2D eigenvalue weighted by atomic mass is 9.93. The highest BCUT2D eigenvalue weighted by Gasteiger charge is 2.41. The van der Waals surface area contributed by atoms with Gasteiger partial charge in [-0.3, -0.25) is 14.2 Å². The zero-order valence-corrected chi connectivity index (χ0v) is 28.1. The highest BCUT2D eigenvalue weighted by atomic mass is 79.9. The van der Waals surface area contributed by atoms with E-state index in [1.807, 2.05) is 20.8 Å². The van der Waals surface area contributed by atoms with Gasteiger partial charge in [-0.25, -0.2) is 0 Å². The number of hydrogen-bond acceptors (Lipinski definition) is 7. The molecule has 1 fully saturated rings. The first-order valence-corrected chi connectivity index (χ1v) is 15.9. The second-order valence-corrected chi connectivity index (χ2v) is 13.8. The van der Waals surface area contributed by atoms with E-state index < -0.39 is 29.6 Å². The van der Waals surface area contributed by atoms with Crippen molar-refractivity contribution in [2.24, 2.45) is 5.92 Å². The Morgan fingerprint density at radius 2 is 1.78 bits per heavy atom. The Morgan fingerprint density at radius 3 is 2.42 bits per heavy atom. The van der Waals surface area contributed by atoms with E-state index in [1.165, 1.54) is 11.7 Å². The summed E-state index contributed by atoms with van der Waals surface area (Å²) in [6, 6.07) is 10.4. The fourth-order valence-electron chi connectivity index (χ4n) is 5.83. The Morgan fingerprint density at radius 1 is 1.07 bits per heavy atom. The monoisotopic (exact) mass is 708 g/mol. The van der Waals surface area contributed by atoms with Gasteiger partial charge >= 0.3 is 11.9 Å². The van der Waals surface area contributed by atoms with Gasteiger partial charge in [-0.15, -0.1) is 10.2 Å². The van der Waals surface area contributed by atoms with Crippen LogP contribution in [-0.4, -0.2) is 57.3 Å². The molecule has 9 nitrogen and oxygen atoms in total. The third-order valence-corrected chi connectivity index (χ3v) is 8.78. The van der Waals surface area contributed by atoms with Gasteiger partial charge in [-0.2, -0.15) is 8.78 Å². The maximum Gasteiger partial charge on any atom is 0.306 e. The van der Waals surface area contributed by atoms with Gasteiger partial charge in [0.2, 0.25) is 11.7 Å². The van der Waals surface area contributed by atoms with Crippen LogP contribution in [0, 0.1) is 5.92 Å². The van der Waals surface area contributed by atoms with Crippen molar-refractivity contribution in [1.82, 2.24) is 19.7 Å². The molecule has 2 atom stereocenters. The largest absolute Gasteiger partial charge is 0.495 e. The summed E-state index contributed by atoms with van der Waals surface area (Å²) in [5, 5.41) is 8.32. The number of alkyl halides is 2. The molecule has 1 amide bonds. The minimum Gasteiger partial charge on any atom is -0.495 e. The van der Waals surface area contributed by atoms with Crippen molar-refractivity contribution in [3.8, 4) is 11.4 Å². The van der Waals surface area contributed by atoms with E-state index in [2.05, 4.69) is 26.1 Å². The molecular weight excluding hydrogens is 674 g/mol. The van der Waals surface area contributed by atoms with E-state index >= 15 is 0 Å². The molecule has 1 aromatic heterocycles. The predicted molar refractivity (Wildman–Crippen MR) is 167 cm³/mol. The summed E-state index contributed by atoms with van der Waals surface area (Å²) >= 11 is 10.3. The van der Waals surface area contributed by atoms with Gasteiger partial charge in [0.1, 0.15) is 23.6 Å². The Bertz CT molecular complexity index is 1580. The number of fused-ring (bicyclic) bond motifs is 3. The van der Waals surface area contributed by atoms with Crippen molar-refractivity contribution >= 4 is 39.4 Å². The number of benzene rings is 2. The van der Waals surface area contributed by atoms with Gasteiger partial charge in [0.05, 0.1) is 24.2 Å². The number of ether oxygens (including phenoxy) is 3. The minimum atomic E-state index is -3.34. The van der Waals surface area contributed by atoms with Crippen LogP contribution in [0.25, 0.3) is 5.69 Å². The van der Waals surface area contributed by atoms with Crippen LogP contribution < -0.4 is 4.74 Å². The maximum atomic E-state index is 14.9. The SMILES string of the molecule is COc1cccc([C@H]2O[C@H](CC(=O)N3CCC(CC(=O)OC(C)(C)C)CC3)c3nnc(C(C)(F)F)n3-c3ccc(Br)cc32)c1Cl. The van der Waals surface area contributed by atoms with Crippen molar-refractivity contribution in [3.63, 3.8) is 0 Å². The fraction of sp³-hybridized carbons (Fsp3) is 0.500. The van der Waals surface area contributed by atoms with Crippen LogP contribution >= 0.6 is 27.5 Å². The summed E-state index contributed by atoms with van der Waals surface area (Å²) < 4.78 is 49.4. The number of halogens is 4. The number of carbonyl (C=O) groups is 2. The molecule has 0 spiro atoms. The van der Waals surface area contributed by atoms with E-state index in [9.17, 15) is 18.4 Å². The van der Waals surface area contributed by atoms with E-state index in [0.29, 0.717) is 64.4 Å². The van der Waals surface area contributed by atoms with Crippen LogP contribution in [0.2, 0.25) is 5.02 Å². The Hall–Kier alpha value is -3.09. The molecule has 2 aliphatic rings. The summed E-state index contributed by atoms with van der Waals surface area (Å²) in [5.74, 6) is -3.78. The molecule has 0 N–H and O–H groups in total. The molecule has 0 saturated carbocycles. The second kappa shape index (κ2) is 13.0. The highest BCUT2D eigenvalue weighted by Crippen LogP contribution is 2.46. The molecule has 2 aromatic carbocycles. The predicted octanol–water partition coefficient (Wildman–Crippen LogP) is 7.32. The lowest BCUT2D eigenvalue weighted by Gasteiger charge is -2.33. The topological polar surface area (TPSA) is 95.8 Å². The van der Waals surface area contributed by atoms with Crippen molar-refractivity contribution in [1.29, 1.82) is 0 Å². The first-order chi connectivity index (χ1) is 21.2. The van der Waals surface area contributed by atoms with E-state index in [-0.39, 0.29) is 30.0 Å². The highest BCUT2D eigenvalue weighted by molar-refractivity contribution is 9.10. The molecule has 45 heavy (non-hydrogen) atoms. The normalized spacial score (nSPS) is 19.0. The number of esters is 1. The van der Waals surface area contributed by atoms with Crippen LogP contribution in [0.3, 0.4) is 0 Å². The van der Waals surface area contributed by atoms with Gasteiger partial charge in [-0.05, 0) is 63.8 Å². The average Bonchev–Trinajstić information content (AvgIpc) is 3.36. The molecule has 13 heteroatoms. The van der Waals surface area contributed by atoms with Gasteiger partial charge < -0.3 is 19.1 Å². The number of amides is 1. The van der Waals surface area contributed by atoms with Gasteiger partial charge in [0.15, 0.2) is 5.82 Å². The Labute approximate surface area is 274 Å². The van der Waals surface area contributed by atoms with E-state index in [1.54, 1.807) is 41.3 Å².